The normalized spacial score (nSPS) is 14.4. The Morgan fingerprint density at radius 2 is 1.62 bits per heavy atom. The Kier molecular flexibility index (Phi) is 8.15. The van der Waals surface area contributed by atoms with Gasteiger partial charge in [-0.3, -0.25) is 0 Å². The van der Waals surface area contributed by atoms with Crippen molar-refractivity contribution in [1.82, 2.24) is 15.1 Å². The molecule has 1 aliphatic rings. The lowest BCUT2D eigenvalue weighted by Gasteiger charge is -2.36. The van der Waals surface area contributed by atoms with Gasteiger partial charge in [-0.05, 0) is 38.4 Å². The summed E-state index contributed by atoms with van der Waals surface area (Å²) in [4.78, 5) is 20.5. The second kappa shape index (κ2) is 9.59. The predicted molar refractivity (Wildman–Crippen MR) is 104 cm³/mol. The summed E-state index contributed by atoms with van der Waals surface area (Å²) in [5.74, 6) is 0. The van der Waals surface area contributed by atoms with Crippen LogP contribution in [0.25, 0.3) is 0 Å². The topological polar surface area (TPSA) is 42.1 Å². The Hall–Kier alpha value is -1.66. The van der Waals surface area contributed by atoms with Gasteiger partial charge in [-0.2, -0.15) is 0 Å². The molecule has 0 spiro atoms. The third kappa shape index (κ3) is 5.76. The monoisotopic (exact) mass is 355 g/mol. The maximum absolute atomic E-state index is 12.1. The molecule has 24 heavy (non-hydrogen) atoms. The van der Waals surface area contributed by atoms with E-state index in [9.17, 15) is 4.79 Å². The van der Waals surface area contributed by atoms with E-state index in [1.807, 2.05) is 33.1 Å². The molecule has 1 heterocycles. The summed E-state index contributed by atoms with van der Waals surface area (Å²) >= 11 is 0. The van der Waals surface area contributed by atoms with E-state index in [2.05, 4.69) is 44.3 Å². The van der Waals surface area contributed by atoms with Crippen molar-refractivity contribution < 1.29 is 4.79 Å². The van der Waals surface area contributed by atoms with Crippen molar-refractivity contribution in [3.05, 3.63) is 24.3 Å². The van der Waals surface area contributed by atoms with Crippen molar-refractivity contribution in [2.24, 2.45) is 0 Å². The first kappa shape index (κ1) is 20.4. The van der Waals surface area contributed by atoms with Crippen molar-refractivity contribution in [3.8, 4) is 0 Å². The lowest BCUT2D eigenvalue weighted by molar-refractivity contribution is 0.193. The highest BCUT2D eigenvalue weighted by Crippen LogP contribution is 2.20. The molecule has 1 saturated heterocycles. The summed E-state index contributed by atoms with van der Waals surface area (Å²) in [7, 11) is 8.10. The maximum Gasteiger partial charge on any atom is 0.317 e. The molecule has 1 aromatic carbocycles. The van der Waals surface area contributed by atoms with Gasteiger partial charge in [0.25, 0.3) is 0 Å². The Bertz CT molecular complexity index is 498. The van der Waals surface area contributed by atoms with Gasteiger partial charge in [0.15, 0.2) is 0 Å². The molecule has 0 unspecified atom stereocenters. The minimum absolute atomic E-state index is 0. The van der Waals surface area contributed by atoms with Crippen LogP contribution in [0.4, 0.5) is 16.2 Å². The number of hydrogen-bond acceptors (Lipinski definition) is 4. The molecule has 0 aromatic heterocycles. The molecule has 7 heteroatoms. The molecule has 136 valence electrons. The fraction of sp³-hybridized carbons (Fsp3) is 0.588. The Morgan fingerprint density at radius 3 is 2.12 bits per heavy atom. The third-order valence-corrected chi connectivity index (χ3v) is 4.13. The Balaban J connectivity index is 0.00000288. The molecular formula is C17H30ClN5O. The molecule has 0 aliphatic carbocycles. The summed E-state index contributed by atoms with van der Waals surface area (Å²) in [5, 5.41) is 2.98. The summed E-state index contributed by atoms with van der Waals surface area (Å²) < 4.78 is 0. The van der Waals surface area contributed by atoms with Crippen molar-refractivity contribution in [1.29, 1.82) is 0 Å². The van der Waals surface area contributed by atoms with Gasteiger partial charge in [-0.1, -0.05) is 0 Å². The zero-order valence-electron chi connectivity index (χ0n) is 15.2. The van der Waals surface area contributed by atoms with E-state index in [1.54, 1.807) is 0 Å². The fourth-order valence-electron chi connectivity index (χ4n) is 2.63. The number of benzene rings is 1. The highest BCUT2D eigenvalue weighted by atomic mass is 35.5. The molecule has 2 amide bonds. The summed E-state index contributed by atoms with van der Waals surface area (Å²) in [6.07, 6.45) is 0. The number of rotatable bonds is 5. The van der Waals surface area contributed by atoms with E-state index >= 15 is 0 Å². The molecule has 1 fully saturated rings. The highest BCUT2D eigenvalue weighted by molar-refractivity contribution is 5.85. The first-order valence-electron chi connectivity index (χ1n) is 8.17. The number of amides is 2. The van der Waals surface area contributed by atoms with Crippen molar-refractivity contribution in [3.63, 3.8) is 0 Å². The van der Waals surface area contributed by atoms with Crippen LogP contribution in [0.15, 0.2) is 24.3 Å². The van der Waals surface area contributed by atoms with Gasteiger partial charge < -0.3 is 24.9 Å². The van der Waals surface area contributed by atoms with E-state index in [0.29, 0.717) is 6.54 Å². The van der Waals surface area contributed by atoms with E-state index < -0.39 is 0 Å². The Morgan fingerprint density at radius 1 is 1.04 bits per heavy atom. The van der Waals surface area contributed by atoms with Crippen molar-refractivity contribution >= 4 is 29.8 Å². The Labute approximate surface area is 151 Å². The molecule has 0 radical (unpaired) electrons. The van der Waals surface area contributed by atoms with Crippen molar-refractivity contribution in [2.45, 2.75) is 0 Å². The van der Waals surface area contributed by atoms with Gasteiger partial charge in [-0.25, -0.2) is 4.79 Å². The maximum atomic E-state index is 12.1. The lowest BCUT2D eigenvalue weighted by Crippen LogP contribution is -2.52. The van der Waals surface area contributed by atoms with Gasteiger partial charge in [0.05, 0.1) is 0 Å². The van der Waals surface area contributed by atoms with Gasteiger partial charge in [0.1, 0.15) is 0 Å². The number of carbonyl (C=O) groups is 1. The minimum atomic E-state index is 0. The SMILES string of the molecule is CN(C)CCNC(=O)N1CCN(c2ccc(N(C)C)cc2)CC1.Cl. The molecule has 2 rings (SSSR count). The van der Waals surface area contributed by atoms with Crippen LogP contribution in [0.1, 0.15) is 0 Å². The number of likely N-dealkylation sites (N-methyl/N-ethyl adjacent to an activating group) is 1. The van der Waals surface area contributed by atoms with E-state index in [4.69, 9.17) is 0 Å². The van der Waals surface area contributed by atoms with Gasteiger partial charge in [0.2, 0.25) is 0 Å². The predicted octanol–water partition coefficient (Wildman–Crippen LogP) is 1.57. The molecule has 0 saturated carbocycles. The first-order chi connectivity index (χ1) is 11.0. The van der Waals surface area contributed by atoms with Crippen LogP contribution in [0.3, 0.4) is 0 Å². The number of nitrogens with one attached hydrogen (secondary N) is 1. The number of hydrogen-bond donors (Lipinski definition) is 1. The van der Waals surface area contributed by atoms with Crippen LogP contribution in [0.5, 0.6) is 0 Å². The molecule has 0 bridgehead atoms. The van der Waals surface area contributed by atoms with Crippen molar-refractivity contribution in [2.75, 3.05) is 77.3 Å². The number of nitrogens with zero attached hydrogens (tertiary/aromatic N) is 4. The van der Waals surface area contributed by atoms with Crippen LogP contribution in [-0.4, -0.2) is 83.3 Å². The number of halogens is 1. The fourth-order valence-corrected chi connectivity index (χ4v) is 2.63. The third-order valence-electron chi connectivity index (χ3n) is 4.13. The van der Waals surface area contributed by atoms with Crippen LogP contribution in [-0.2, 0) is 0 Å². The van der Waals surface area contributed by atoms with Crippen LogP contribution < -0.4 is 15.1 Å². The minimum Gasteiger partial charge on any atom is -0.378 e. The number of urea groups is 1. The van der Waals surface area contributed by atoms with Gasteiger partial charge in [0, 0.05) is 64.7 Å². The average molecular weight is 356 g/mol. The number of anilines is 2. The largest absolute Gasteiger partial charge is 0.378 e. The standard InChI is InChI=1S/C17H29N5O.ClH/c1-19(2)10-9-18-17(23)22-13-11-21(12-14-22)16-7-5-15(6-8-16)20(3)4;/h5-8H,9-14H2,1-4H3,(H,18,23);1H. The summed E-state index contributed by atoms with van der Waals surface area (Å²) in [6.45, 7) is 4.85. The molecule has 1 aromatic rings. The molecular weight excluding hydrogens is 326 g/mol. The first-order valence-corrected chi connectivity index (χ1v) is 8.17. The zero-order chi connectivity index (χ0) is 16.8. The van der Waals surface area contributed by atoms with E-state index in [0.717, 1.165) is 32.7 Å². The number of carbonyl (C=O) groups excluding carboxylic acids is 1. The second-order valence-corrected chi connectivity index (χ2v) is 6.42. The molecule has 6 nitrogen and oxygen atoms in total. The second-order valence-electron chi connectivity index (χ2n) is 6.42. The molecule has 1 N–H and O–H groups in total. The van der Waals surface area contributed by atoms with Crippen LogP contribution >= 0.6 is 12.4 Å². The summed E-state index contributed by atoms with van der Waals surface area (Å²) in [5.41, 5.74) is 2.43. The van der Waals surface area contributed by atoms with E-state index in [1.165, 1.54) is 11.4 Å². The smallest absolute Gasteiger partial charge is 0.317 e. The molecule has 0 atom stereocenters. The van der Waals surface area contributed by atoms with Crippen LogP contribution in [0, 0.1) is 0 Å². The quantitative estimate of drug-likeness (QED) is 0.870. The van der Waals surface area contributed by atoms with E-state index in [-0.39, 0.29) is 18.4 Å². The molecule has 1 aliphatic heterocycles. The lowest BCUT2D eigenvalue weighted by atomic mass is 10.2. The average Bonchev–Trinajstić information content (AvgIpc) is 2.54. The van der Waals surface area contributed by atoms with Gasteiger partial charge in [-0.15, -0.1) is 12.4 Å². The summed E-state index contributed by atoms with van der Waals surface area (Å²) in [6, 6.07) is 8.63. The van der Waals surface area contributed by atoms with Crippen LogP contribution in [0.2, 0.25) is 0 Å². The van der Waals surface area contributed by atoms with Gasteiger partial charge >= 0.3 is 6.03 Å². The zero-order valence-corrected chi connectivity index (χ0v) is 16.0. The number of piperazine rings is 1. The highest BCUT2D eigenvalue weighted by Gasteiger charge is 2.20.